The fourth-order valence-electron chi connectivity index (χ4n) is 2.25. The van der Waals surface area contributed by atoms with Crippen LogP contribution in [-0.4, -0.2) is 35.9 Å². The number of rotatable bonds is 7. The molecule has 1 heterocycles. The molecule has 0 aliphatic rings. The highest BCUT2D eigenvalue weighted by atomic mass is 19.4. The Kier molecular flexibility index (Phi) is 6.38. The SMILES string of the molecule is CN(CCc1ccncc1)C(=O)CCNc1ccc(C(F)(F)F)cc1. The van der Waals surface area contributed by atoms with E-state index in [0.29, 0.717) is 18.8 Å². The number of anilines is 1. The number of hydrogen-bond donors (Lipinski definition) is 1. The van der Waals surface area contributed by atoms with Gasteiger partial charge in [-0.1, -0.05) is 0 Å². The van der Waals surface area contributed by atoms with Crippen LogP contribution in [-0.2, 0) is 17.4 Å². The monoisotopic (exact) mass is 351 g/mol. The number of pyridine rings is 1. The summed E-state index contributed by atoms with van der Waals surface area (Å²) in [5, 5.41) is 2.96. The minimum absolute atomic E-state index is 0.0199. The largest absolute Gasteiger partial charge is 0.416 e. The molecule has 134 valence electrons. The Morgan fingerprint density at radius 3 is 2.36 bits per heavy atom. The molecule has 0 spiro atoms. The third-order valence-corrected chi connectivity index (χ3v) is 3.79. The zero-order chi connectivity index (χ0) is 18.3. The Morgan fingerprint density at radius 1 is 1.12 bits per heavy atom. The van der Waals surface area contributed by atoms with Crippen LogP contribution < -0.4 is 5.32 Å². The van der Waals surface area contributed by atoms with Crippen LogP contribution >= 0.6 is 0 Å². The quantitative estimate of drug-likeness (QED) is 0.829. The molecule has 0 fully saturated rings. The average Bonchev–Trinajstić information content (AvgIpc) is 2.60. The first-order valence-electron chi connectivity index (χ1n) is 7.90. The van der Waals surface area contributed by atoms with Gasteiger partial charge in [0.25, 0.3) is 0 Å². The lowest BCUT2D eigenvalue weighted by atomic mass is 10.2. The van der Waals surface area contributed by atoms with Gasteiger partial charge in [0.05, 0.1) is 5.56 Å². The van der Waals surface area contributed by atoms with Crippen molar-refractivity contribution in [2.75, 3.05) is 25.5 Å². The highest BCUT2D eigenvalue weighted by Gasteiger charge is 2.29. The zero-order valence-electron chi connectivity index (χ0n) is 13.9. The molecule has 1 amide bonds. The number of carbonyl (C=O) groups is 1. The van der Waals surface area contributed by atoms with Crippen LogP contribution in [0.1, 0.15) is 17.5 Å². The van der Waals surface area contributed by atoms with E-state index < -0.39 is 11.7 Å². The smallest absolute Gasteiger partial charge is 0.385 e. The van der Waals surface area contributed by atoms with Crippen molar-refractivity contribution in [2.45, 2.75) is 19.0 Å². The highest BCUT2D eigenvalue weighted by Crippen LogP contribution is 2.29. The summed E-state index contributed by atoms with van der Waals surface area (Å²) >= 11 is 0. The molecule has 0 saturated heterocycles. The number of carbonyl (C=O) groups excluding carboxylic acids is 1. The van der Waals surface area contributed by atoms with Crippen molar-refractivity contribution in [3.05, 3.63) is 59.9 Å². The molecule has 1 aromatic carbocycles. The second kappa shape index (κ2) is 8.50. The van der Waals surface area contributed by atoms with Gasteiger partial charge in [-0.05, 0) is 48.4 Å². The van der Waals surface area contributed by atoms with Crippen LogP contribution in [0.4, 0.5) is 18.9 Å². The van der Waals surface area contributed by atoms with Gasteiger partial charge < -0.3 is 10.2 Å². The minimum atomic E-state index is -4.34. The van der Waals surface area contributed by atoms with Crippen LogP contribution in [0.2, 0.25) is 0 Å². The van der Waals surface area contributed by atoms with E-state index in [-0.39, 0.29) is 12.3 Å². The first kappa shape index (κ1) is 18.8. The first-order chi connectivity index (χ1) is 11.9. The second-order valence-electron chi connectivity index (χ2n) is 5.67. The van der Waals surface area contributed by atoms with E-state index in [9.17, 15) is 18.0 Å². The maximum atomic E-state index is 12.5. The Hall–Kier alpha value is -2.57. The van der Waals surface area contributed by atoms with Crippen LogP contribution in [0.3, 0.4) is 0 Å². The number of hydrogen-bond acceptors (Lipinski definition) is 3. The van der Waals surface area contributed by atoms with Crippen LogP contribution in [0, 0.1) is 0 Å². The molecule has 0 unspecified atom stereocenters. The predicted molar refractivity (Wildman–Crippen MR) is 90.1 cm³/mol. The molecule has 1 aromatic heterocycles. The summed E-state index contributed by atoms with van der Waals surface area (Å²) in [6.07, 6.45) is 0.104. The van der Waals surface area contributed by atoms with E-state index in [4.69, 9.17) is 0 Å². The second-order valence-corrected chi connectivity index (χ2v) is 5.67. The number of aromatic nitrogens is 1. The lowest BCUT2D eigenvalue weighted by molar-refractivity contribution is -0.137. The lowest BCUT2D eigenvalue weighted by Crippen LogP contribution is -2.30. The van der Waals surface area contributed by atoms with Crippen molar-refractivity contribution in [1.82, 2.24) is 9.88 Å². The fraction of sp³-hybridized carbons (Fsp3) is 0.333. The number of benzene rings is 1. The minimum Gasteiger partial charge on any atom is -0.385 e. The number of nitrogens with one attached hydrogen (secondary N) is 1. The number of nitrogens with zero attached hydrogens (tertiary/aromatic N) is 2. The third-order valence-electron chi connectivity index (χ3n) is 3.79. The lowest BCUT2D eigenvalue weighted by Gasteiger charge is -2.17. The molecule has 0 saturated carbocycles. The van der Waals surface area contributed by atoms with Crippen LogP contribution in [0.5, 0.6) is 0 Å². The van der Waals surface area contributed by atoms with Gasteiger partial charge in [0.2, 0.25) is 5.91 Å². The van der Waals surface area contributed by atoms with Crippen molar-refractivity contribution < 1.29 is 18.0 Å². The van der Waals surface area contributed by atoms with Gasteiger partial charge in [0.15, 0.2) is 0 Å². The van der Waals surface area contributed by atoms with E-state index in [1.807, 2.05) is 12.1 Å². The molecule has 0 radical (unpaired) electrons. The fourth-order valence-corrected chi connectivity index (χ4v) is 2.25. The normalized spacial score (nSPS) is 11.2. The third kappa shape index (κ3) is 6.10. The molecule has 0 atom stereocenters. The van der Waals surface area contributed by atoms with Gasteiger partial charge in [0.1, 0.15) is 0 Å². The van der Waals surface area contributed by atoms with Gasteiger partial charge in [-0.3, -0.25) is 9.78 Å². The van der Waals surface area contributed by atoms with E-state index in [1.54, 1.807) is 24.3 Å². The van der Waals surface area contributed by atoms with E-state index >= 15 is 0 Å². The van der Waals surface area contributed by atoms with Gasteiger partial charge in [-0.15, -0.1) is 0 Å². The van der Waals surface area contributed by atoms with E-state index in [1.165, 1.54) is 12.1 Å². The highest BCUT2D eigenvalue weighted by molar-refractivity contribution is 5.76. The molecular weight excluding hydrogens is 331 g/mol. The predicted octanol–water partition coefficient (Wildman–Crippen LogP) is 3.60. The molecule has 4 nitrogen and oxygen atoms in total. The van der Waals surface area contributed by atoms with Crippen molar-refractivity contribution >= 4 is 11.6 Å². The molecule has 2 aromatic rings. The Morgan fingerprint density at radius 2 is 1.76 bits per heavy atom. The van der Waals surface area contributed by atoms with Gasteiger partial charge in [0, 0.05) is 44.6 Å². The summed E-state index contributed by atoms with van der Waals surface area (Å²) in [6, 6.07) is 8.58. The first-order valence-corrected chi connectivity index (χ1v) is 7.90. The Balaban J connectivity index is 1.72. The topological polar surface area (TPSA) is 45.2 Å². The van der Waals surface area contributed by atoms with Crippen molar-refractivity contribution in [2.24, 2.45) is 0 Å². The van der Waals surface area contributed by atoms with Crippen molar-refractivity contribution in [1.29, 1.82) is 0 Å². The summed E-state index contributed by atoms with van der Waals surface area (Å²) in [7, 11) is 1.74. The summed E-state index contributed by atoms with van der Waals surface area (Å²) in [4.78, 5) is 17.7. The van der Waals surface area contributed by atoms with Crippen molar-refractivity contribution in [3.8, 4) is 0 Å². The summed E-state index contributed by atoms with van der Waals surface area (Å²) < 4.78 is 37.5. The Bertz CT molecular complexity index is 672. The number of halogens is 3. The number of alkyl halides is 3. The standard InChI is InChI=1S/C18H20F3N3O/c1-24(13-9-14-6-10-22-11-7-14)17(25)8-12-23-16-4-2-15(3-5-16)18(19,20)21/h2-7,10-11,23H,8-9,12-13H2,1H3. The van der Waals surface area contributed by atoms with E-state index in [0.717, 1.165) is 24.1 Å². The molecule has 0 aliphatic heterocycles. The summed E-state index contributed by atoms with van der Waals surface area (Å²) in [6.45, 7) is 0.965. The zero-order valence-corrected chi connectivity index (χ0v) is 13.9. The Labute approximate surface area is 144 Å². The molecule has 25 heavy (non-hydrogen) atoms. The number of amides is 1. The molecule has 1 N–H and O–H groups in total. The maximum Gasteiger partial charge on any atom is 0.416 e. The van der Waals surface area contributed by atoms with Gasteiger partial charge >= 0.3 is 6.18 Å². The molecule has 7 heteroatoms. The molecule has 0 bridgehead atoms. The summed E-state index contributed by atoms with van der Waals surface area (Å²) in [5.74, 6) is -0.0199. The maximum absolute atomic E-state index is 12.5. The van der Waals surface area contributed by atoms with Gasteiger partial charge in [-0.2, -0.15) is 13.2 Å². The molecular formula is C18H20F3N3O. The van der Waals surface area contributed by atoms with Gasteiger partial charge in [-0.25, -0.2) is 0 Å². The van der Waals surface area contributed by atoms with Crippen LogP contribution in [0.15, 0.2) is 48.8 Å². The van der Waals surface area contributed by atoms with Crippen molar-refractivity contribution in [3.63, 3.8) is 0 Å². The molecule has 0 aliphatic carbocycles. The molecule has 2 rings (SSSR count). The average molecular weight is 351 g/mol. The van der Waals surface area contributed by atoms with E-state index in [2.05, 4.69) is 10.3 Å². The summed E-state index contributed by atoms with van der Waals surface area (Å²) in [5.41, 5.74) is 0.975. The van der Waals surface area contributed by atoms with Crippen LogP contribution in [0.25, 0.3) is 0 Å². The number of likely N-dealkylation sites (N-methyl/N-ethyl adjacent to an activating group) is 1.